The lowest BCUT2D eigenvalue weighted by Gasteiger charge is -1.94. The molecular weight excluding hydrogens is 183 g/mol. The van der Waals surface area contributed by atoms with Crippen LogP contribution in [0.5, 0.6) is 0 Å². The summed E-state index contributed by atoms with van der Waals surface area (Å²) in [6, 6.07) is 0. The maximum absolute atomic E-state index is 12.5. The van der Waals surface area contributed by atoms with E-state index in [1.807, 2.05) is 6.92 Å². The average Bonchev–Trinajstić information content (AvgIpc) is 2.34. The fraction of sp³-hybridized carbons (Fsp3) is 0.500. The Balaban J connectivity index is 3.08. The van der Waals surface area contributed by atoms with Crippen molar-refractivity contribution in [3.8, 4) is 0 Å². The van der Waals surface area contributed by atoms with Gasteiger partial charge in [-0.05, 0) is 6.42 Å². The summed E-state index contributed by atoms with van der Waals surface area (Å²) in [7, 11) is -4.61. The predicted molar refractivity (Wildman–Crippen MR) is 40.9 cm³/mol. The topological polar surface area (TPSA) is 62.8 Å². The summed E-state index contributed by atoms with van der Waals surface area (Å²) in [6.45, 7) is 1.87. The van der Waals surface area contributed by atoms with Crippen molar-refractivity contribution in [3.05, 3.63) is 11.9 Å². The van der Waals surface area contributed by atoms with E-state index in [0.717, 1.165) is 12.6 Å². The van der Waals surface area contributed by atoms with E-state index in [2.05, 4.69) is 10.2 Å². The van der Waals surface area contributed by atoms with Gasteiger partial charge < -0.3 is 0 Å². The van der Waals surface area contributed by atoms with Gasteiger partial charge in [0.1, 0.15) is 4.90 Å². The predicted octanol–water partition coefficient (Wildman–Crippen LogP) is 1.02. The third-order valence-corrected chi connectivity index (χ3v) is 2.32. The zero-order chi connectivity index (χ0) is 9.19. The van der Waals surface area contributed by atoms with E-state index in [-0.39, 0.29) is 4.90 Å². The number of aryl methyl sites for hydroxylation is 1. The van der Waals surface area contributed by atoms with E-state index in [0.29, 0.717) is 12.1 Å². The van der Waals surface area contributed by atoms with Crippen molar-refractivity contribution in [1.29, 1.82) is 0 Å². The molecule has 0 aliphatic rings. The monoisotopic (exact) mass is 192 g/mol. The second-order valence-corrected chi connectivity index (χ2v) is 3.72. The maximum Gasteiger partial charge on any atom is 0.335 e. The van der Waals surface area contributed by atoms with Gasteiger partial charge in [-0.2, -0.15) is 13.5 Å². The van der Waals surface area contributed by atoms with E-state index in [9.17, 15) is 12.3 Å². The molecule has 1 rings (SSSR count). The number of hydrogen-bond acceptors (Lipinski definition) is 3. The largest absolute Gasteiger partial charge is 0.335 e. The Morgan fingerprint density at radius 3 is 2.83 bits per heavy atom. The molecule has 0 aliphatic carbocycles. The standard InChI is InChI=1S/C6H9FN2O2S/c1-2-3-5-6(4-8-9-5)12(7,10)11/h4H,2-3H2,1H3,(H,8,9). The van der Waals surface area contributed by atoms with E-state index in [4.69, 9.17) is 0 Å². The molecule has 0 radical (unpaired) electrons. The third kappa shape index (κ3) is 1.82. The first-order chi connectivity index (χ1) is 5.55. The van der Waals surface area contributed by atoms with E-state index < -0.39 is 10.2 Å². The van der Waals surface area contributed by atoms with Crippen LogP contribution in [0.25, 0.3) is 0 Å². The third-order valence-electron chi connectivity index (χ3n) is 1.44. The Bertz CT molecular complexity index is 357. The van der Waals surface area contributed by atoms with Crippen LogP contribution in [0.2, 0.25) is 0 Å². The minimum absolute atomic E-state index is 0.333. The van der Waals surface area contributed by atoms with Gasteiger partial charge in [-0.25, -0.2) is 0 Å². The normalized spacial score (nSPS) is 11.8. The Morgan fingerprint density at radius 1 is 1.67 bits per heavy atom. The summed E-state index contributed by atoms with van der Waals surface area (Å²) in [6.07, 6.45) is 2.21. The first kappa shape index (κ1) is 9.18. The zero-order valence-corrected chi connectivity index (χ0v) is 7.36. The van der Waals surface area contributed by atoms with Gasteiger partial charge in [0.05, 0.1) is 11.9 Å². The van der Waals surface area contributed by atoms with Gasteiger partial charge in [-0.3, -0.25) is 5.10 Å². The summed E-state index contributed by atoms with van der Waals surface area (Å²) in [5.74, 6) is 0. The van der Waals surface area contributed by atoms with Crippen LogP contribution in [0.15, 0.2) is 11.1 Å². The number of nitrogens with zero attached hydrogens (tertiary/aromatic N) is 1. The molecule has 1 heterocycles. The summed E-state index contributed by atoms with van der Waals surface area (Å²) >= 11 is 0. The molecule has 1 aromatic heterocycles. The van der Waals surface area contributed by atoms with Gasteiger partial charge in [0, 0.05) is 0 Å². The Morgan fingerprint density at radius 2 is 2.33 bits per heavy atom. The number of halogens is 1. The van der Waals surface area contributed by atoms with Crippen LogP contribution >= 0.6 is 0 Å². The lowest BCUT2D eigenvalue weighted by atomic mass is 10.3. The minimum atomic E-state index is -4.61. The Labute approximate surface area is 70.0 Å². The second kappa shape index (κ2) is 3.22. The molecule has 0 saturated carbocycles. The van der Waals surface area contributed by atoms with Crippen LogP contribution in [-0.4, -0.2) is 18.6 Å². The number of nitrogens with one attached hydrogen (secondary N) is 1. The average molecular weight is 192 g/mol. The zero-order valence-electron chi connectivity index (χ0n) is 6.54. The number of aromatic amines is 1. The molecule has 6 heteroatoms. The molecule has 0 saturated heterocycles. The van der Waals surface area contributed by atoms with Crippen LogP contribution in [0.3, 0.4) is 0 Å². The number of hydrogen-bond donors (Lipinski definition) is 1. The molecule has 1 N–H and O–H groups in total. The van der Waals surface area contributed by atoms with E-state index in [1.165, 1.54) is 0 Å². The fourth-order valence-electron chi connectivity index (χ4n) is 0.941. The highest BCUT2D eigenvalue weighted by Gasteiger charge is 2.18. The van der Waals surface area contributed by atoms with Gasteiger partial charge in [-0.1, -0.05) is 13.3 Å². The first-order valence-electron chi connectivity index (χ1n) is 3.52. The molecule has 0 bridgehead atoms. The SMILES string of the molecule is CCCc1[nH]ncc1S(=O)(=O)F. The van der Waals surface area contributed by atoms with Crippen molar-refractivity contribution in [2.24, 2.45) is 0 Å². The molecule has 0 amide bonds. The number of H-pyrrole nitrogens is 1. The molecule has 0 spiro atoms. The smallest absolute Gasteiger partial charge is 0.281 e. The summed E-state index contributed by atoms with van der Waals surface area (Å²) in [5.41, 5.74) is 0.333. The van der Waals surface area contributed by atoms with Gasteiger partial charge in [0.15, 0.2) is 0 Å². The van der Waals surface area contributed by atoms with Crippen molar-refractivity contribution in [2.75, 3.05) is 0 Å². The van der Waals surface area contributed by atoms with E-state index in [1.54, 1.807) is 0 Å². The second-order valence-electron chi connectivity index (χ2n) is 2.40. The molecule has 12 heavy (non-hydrogen) atoms. The first-order valence-corrected chi connectivity index (χ1v) is 4.91. The summed E-state index contributed by atoms with van der Waals surface area (Å²) in [4.78, 5) is -0.343. The lowest BCUT2D eigenvalue weighted by molar-refractivity contribution is 0.550. The fourth-order valence-corrected chi connectivity index (χ4v) is 1.56. The van der Waals surface area contributed by atoms with Crippen molar-refractivity contribution in [2.45, 2.75) is 24.7 Å². The van der Waals surface area contributed by atoms with Crippen LogP contribution in [-0.2, 0) is 16.6 Å². The van der Waals surface area contributed by atoms with Crippen LogP contribution in [0, 0.1) is 0 Å². The molecular formula is C6H9FN2O2S. The number of rotatable bonds is 3. The van der Waals surface area contributed by atoms with Gasteiger partial charge in [0.25, 0.3) is 0 Å². The van der Waals surface area contributed by atoms with Crippen LogP contribution < -0.4 is 0 Å². The van der Waals surface area contributed by atoms with Crippen LogP contribution in [0.1, 0.15) is 19.0 Å². The molecule has 0 aromatic carbocycles. The lowest BCUT2D eigenvalue weighted by Crippen LogP contribution is -1.95. The molecule has 0 fully saturated rings. The van der Waals surface area contributed by atoms with E-state index >= 15 is 0 Å². The maximum atomic E-state index is 12.5. The molecule has 0 unspecified atom stereocenters. The Hall–Kier alpha value is -0.910. The molecule has 0 atom stereocenters. The highest BCUT2D eigenvalue weighted by atomic mass is 32.3. The van der Waals surface area contributed by atoms with Gasteiger partial charge >= 0.3 is 10.2 Å². The quantitative estimate of drug-likeness (QED) is 0.727. The van der Waals surface area contributed by atoms with Gasteiger partial charge in [0.2, 0.25) is 0 Å². The summed E-state index contributed by atoms with van der Waals surface area (Å²) < 4.78 is 33.4. The minimum Gasteiger partial charge on any atom is -0.281 e. The summed E-state index contributed by atoms with van der Waals surface area (Å²) in [5, 5.41) is 5.91. The number of aromatic nitrogens is 2. The highest BCUT2D eigenvalue weighted by Crippen LogP contribution is 2.15. The van der Waals surface area contributed by atoms with Gasteiger partial charge in [-0.15, -0.1) is 3.89 Å². The molecule has 68 valence electrons. The van der Waals surface area contributed by atoms with Crippen molar-refractivity contribution in [1.82, 2.24) is 10.2 Å². The molecule has 4 nitrogen and oxygen atoms in total. The van der Waals surface area contributed by atoms with Crippen LogP contribution in [0.4, 0.5) is 3.89 Å². The van der Waals surface area contributed by atoms with Crippen molar-refractivity contribution in [3.63, 3.8) is 0 Å². The van der Waals surface area contributed by atoms with Crippen molar-refractivity contribution < 1.29 is 12.3 Å². The molecule has 1 aromatic rings. The molecule has 0 aliphatic heterocycles. The van der Waals surface area contributed by atoms with Crippen molar-refractivity contribution >= 4 is 10.2 Å². The highest BCUT2D eigenvalue weighted by molar-refractivity contribution is 7.86. The Kier molecular flexibility index (Phi) is 2.46.